The van der Waals surface area contributed by atoms with Crippen LogP contribution in [0.1, 0.15) is 23.2 Å². The fourth-order valence-corrected chi connectivity index (χ4v) is 2.60. The Kier molecular flexibility index (Phi) is 4.64. The number of nitrogens with zero attached hydrogens (tertiary/aromatic N) is 1. The molecule has 1 aliphatic heterocycles. The second-order valence-electron chi connectivity index (χ2n) is 4.69. The fourth-order valence-electron chi connectivity index (χ4n) is 2.27. The van der Waals surface area contributed by atoms with E-state index in [4.69, 9.17) is 5.11 Å². The van der Waals surface area contributed by atoms with E-state index in [-0.39, 0.29) is 16.6 Å². The van der Waals surface area contributed by atoms with Gasteiger partial charge in [0.1, 0.15) is 11.8 Å². The van der Waals surface area contributed by atoms with Crippen molar-refractivity contribution in [2.75, 3.05) is 6.54 Å². The van der Waals surface area contributed by atoms with Crippen molar-refractivity contribution in [2.24, 2.45) is 0 Å². The van der Waals surface area contributed by atoms with Gasteiger partial charge in [0.2, 0.25) is 0 Å². The molecule has 0 aromatic heterocycles. The van der Waals surface area contributed by atoms with E-state index in [1.165, 1.54) is 12.1 Å². The van der Waals surface area contributed by atoms with Gasteiger partial charge in [0.25, 0.3) is 5.91 Å². The third-order valence-electron chi connectivity index (χ3n) is 3.20. The van der Waals surface area contributed by atoms with E-state index in [1.807, 2.05) is 0 Å². The van der Waals surface area contributed by atoms with Crippen LogP contribution in [-0.4, -0.2) is 40.8 Å². The number of carboxylic acid groups (broad SMARTS) is 1. The Hall–Kier alpha value is -1.77. The summed E-state index contributed by atoms with van der Waals surface area (Å²) in [5, 5.41) is 9.06. The second-order valence-corrected chi connectivity index (χ2v) is 5.54. The van der Waals surface area contributed by atoms with E-state index in [1.54, 1.807) is 0 Å². The zero-order valence-electron chi connectivity index (χ0n) is 11.1. The van der Waals surface area contributed by atoms with E-state index in [0.717, 1.165) is 11.0 Å². The van der Waals surface area contributed by atoms with Crippen molar-refractivity contribution in [3.8, 4) is 5.75 Å². The summed E-state index contributed by atoms with van der Waals surface area (Å²) in [5.41, 5.74) is -0.0596. The molecule has 1 fully saturated rings. The van der Waals surface area contributed by atoms with Crippen LogP contribution in [-0.2, 0) is 4.79 Å². The summed E-state index contributed by atoms with van der Waals surface area (Å²) >= 11 is 2.91. The number of carbonyl (C=O) groups is 2. The van der Waals surface area contributed by atoms with Gasteiger partial charge in [-0.25, -0.2) is 4.79 Å². The van der Waals surface area contributed by atoms with Gasteiger partial charge in [-0.2, -0.15) is 0 Å². The van der Waals surface area contributed by atoms with Gasteiger partial charge in [-0.3, -0.25) is 4.79 Å². The minimum Gasteiger partial charge on any atom is -0.480 e. The molecule has 0 bridgehead atoms. The van der Waals surface area contributed by atoms with Gasteiger partial charge >= 0.3 is 12.3 Å². The number of hydrogen-bond donors (Lipinski definition) is 1. The Balaban J connectivity index is 2.27. The van der Waals surface area contributed by atoms with Gasteiger partial charge in [-0.1, -0.05) is 0 Å². The molecule has 9 heteroatoms. The molecule has 1 saturated heterocycles. The molecule has 5 nitrogen and oxygen atoms in total. The van der Waals surface area contributed by atoms with Gasteiger partial charge in [0, 0.05) is 12.1 Å². The normalized spacial score (nSPS) is 18.4. The van der Waals surface area contributed by atoms with Crippen molar-refractivity contribution in [1.29, 1.82) is 0 Å². The molecule has 0 aliphatic carbocycles. The van der Waals surface area contributed by atoms with Crippen molar-refractivity contribution >= 4 is 27.8 Å². The average molecular weight is 382 g/mol. The van der Waals surface area contributed by atoms with Gasteiger partial charge in [0.05, 0.1) is 4.47 Å². The summed E-state index contributed by atoms with van der Waals surface area (Å²) in [5.74, 6) is -2.32. The summed E-state index contributed by atoms with van der Waals surface area (Å²) in [6, 6.07) is 2.55. The number of carboxylic acids is 1. The number of rotatable bonds is 3. The first-order valence-corrected chi connectivity index (χ1v) is 7.07. The number of carbonyl (C=O) groups excluding carboxylic acids is 1. The number of likely N-dealkylation sites (tertiary alicyclic amines) is 1. The van der Waals surface area contributed by atoms with E-state index < -0.39 is 30.0 Å². The Bertz CT molecular complexity index is 605. The Morgan fingerprint density at radius 3 is 2.64 bits per heavy atom. The van der Waals surface area contributed by atoms with Crippen LogP contribution in [0.2, 0.25) is 0 Å². The van der Waals surface area contributed by atoms with Crippen LogP contribution >= 0.6 is 15.9 Å². The first kappa shape index (κ1) is 16.6. The number of hydrogen-bond acceptors (Lipinski definition) is 3. The molecular weight excluding hydrogens is 371 g/mol. The predicted octanol–water partition coefficient (Wildman–Crippen LogP) is 3.04. The summed E-state index contributed by atoms with van der Waals surface area (Å²) in [4.78, 5) is 24.5. The lowest BCUT2D eigenvalue weighted by Crippen LogP contribution is -2.40. The van der Waals surface area contributed by atoms with Gasteiger partial charge in [-0.05, 0) is 47.0 Å². The van der Waals surface area contributed by atoms with Crippen LogP contribution in [0.15, 0.2) is 22.7 Å². The van der Waals surface area contributed by atoms with E-state index in [2.05, 4.69) is 20.7 Å². The highest BCUT2D eigenvalue weighted by atomic mass is 79.9. The molecule has 1 atom stereocenters. The van der Waals surface area contributed by atoms with Crippen LogP contribution in [0, 0.1) is 0 Å². The molecule has 1 amide bonds. The number of benzene rings is 1. The molecule has 1 unspecified atom stereocenters. The van der Waals surface area contributed by atoms with Crippen molar-refractivity contribution in [1.82, 2.24) is 4.90 Å². The summed E-state index contributed by atoms with van der Waals surface area (Å²) < 4.78 is 40.8. The zero-order chi connectivity index (χ0) is 16.5. The molecule has 1 aromatic carbocycles. The number of alkyl halides is 3. The molecule has 120 valence electrons. The highest BCUT2D eigenvalue weighted by Gasteiger charge is 2.35. The maximum Gasteiger partial charge on any atom is 0.573 e. The molecule has 1 N–H and O–H groups in total. The highest BCUT2D eigenvalue weighted by Crippen LogP contribution is 2.32. The molecule has 0 saturated carbocycles. The lowest BCUT2D eigenvalue weighted by atomic mass is 10.1. The SMILES string of the molecule is O=C(O)C1CCCN1C(=O)c1ccc(Br)c(OC(F)(F)F)c1. The molecule has 1 aromatic rings. The molecule has 1 aliphatic rings. The fraction of sp³-hybridized carbons (Fsp3) is 0.385. The molecule has 2 rings (SSSR count). The van der Waals surface area contributed by atoms with E-state index >= 15 is 0 Å². The topological polar surface area (TPSA) is 66.8 Å². The third-order valence-corrected chi connectivity index (χ3v) is 3.86. The van der Waals surface area contributed by atoms with Crippen LogP contribution in [0.3, 0.4) is 0 Å². The zero-order valence-corrected chi connectivity index (χ0v) is 12.6. The van der Waals surface area contributed by atoms with E-state index in [0.29, 0.717) is 12.8 Å². The van der Waals surface area contributed by atoms with Crippen molar-refractivity contribution in [3.63, 3.8) is 0 Å². The summed E-state index contributed by atoms with van der Waals surface area (Å²) in [6.45, 7) is 0.251. The van der Waals surface area contributed by atoms with Gasteiger partial charge in [-0.15, -0.1) is 13.2 Å². The van der Waals surface area contributed by atoms with Crippen molar-refractivity contribution in [2.45, 2.75) is 25.2 Å². The van der Waals surface area contributed by atoms with Gasteiger partial charge < -0.3 is 14.7 Å². The first-order valence-electron chi connectivity index (χ1n) is 6.28. The van der Waals surface area contributed by atoms with Crippen LogP contribution in [0.4, 0.5) is 13.2 Å². The minimum absolute atomic E-state index is 0.0394. The maximum absolute atomic E-state index is 12.3. The standard InChI is InChI=1S/C13H11BrF3NO4/c14-8-4-3-7(6-10(8)22-13(15,16)17)11(19)18-5-1-2-9(18)12(20)21/h3-4,6,9H,1-2,5H2,(H,20,21). The highest BCUT2D eigenvalue weighted by molar-refractivity contribution is 9.10. The smallest absolute Gasteiger partial charge is 0.480 e. The molecular formula is C13H11BrF3NO4. The molecule has 0 radical (unpaired) electrons. The minimum atomic E-state index is -4.89. The van der Waals surface area contributed by atoms with Crippen LogP contribution in [0.5, 0.6) is 5.75 Å². The molecule has 22 heavy (non-hydrogen) atoms. The maximum atomic E-state index is 12.3. The second kappa shape index (κ2) is 6.15. The lowest BCUT2D eigenvalue weighted by Gasteiger charge is -2.22. The first-order chi connectivity index (χ1) is 10.2. The number of ether oxygens (including phenoxy) is 1. The molecule has 1 heterocycles. The average Bonchev–Trinajstić information content (AvgIpc) is 2.88. The summed E-state index contributed by atoms with van der Waals surface area (Å²) in [6.07, 6.45) is -4.03. The molecule has 0 spiro atoms. The van der Waals surface area contributed by atoms with Crippen molar-refractivity contribution in [3.05, 3.63) is 28.2 Å². The quantitative estimate of drug-likeness (QED) is 0.873. The van der Waals surface area contributed by atoms with E-state index in [9.17, 15) is 22.8 Å². The summed E-state index contributed by atoms with van der Waals surface area (Å²) in [7, 11) is 0. The van der Waals surface area contributed by atoms with Crippen LogP contribution in [0.25, 0.3) is 0 Å². The Morgan fingerprint density at radius 2 is 2.05 bits per heavy atom. The Labute approximate surface area is 131 Å². The Morgan fingerprint density at radius 1 is 1.36 bits per heavy atom. The number of aliphatic carboxylic acids is 1. The number of amides is 1. The monoisotopic (exact) mass is 381 g/mol. The predicted molar refractivity (Wildman–Crippen MR) is 72.5 cm³/mol. The van der Waals surface area contributed by atoms with Gasteiger partial charge in [0.15, 0.2) is 0 Å². The lowest BCUT2D eigenvalue weighted by molar-refractivity contribution is -0.274. The third kappa shape index (κ3) is 3.70. The van der Waals surface area contributed by atoms with Crippen LogP contribution < -0.4 is 4.74 Å². The largest absolute Gasteiger partial charge is 0.573 e. The number of halogens is 4. The van der Waals surface area contributed by atoms with Crippen molar-refractivity contribution < 1.29 is 32.6 Å².